The third-order valence-corrected chi connectivity index (χ3v) is 4.01. The molecule has 1 aliphatic rings. The number of aromatic nitrogens is 2. The van der Waals surface area contributed by atoms with Gasteiger partial charge in [-0.25, -0.2) is 4.98 Å². The van der Waals surface area contributed by atoms with Gasteiger partial charge in [-0.3, -0.25) is 9.36 Å². The van der Waals surface area contributed by atoms with Crippen LogP contribution >= 0.6 is 0 Å². The van der Waals surface area contributed by atoms with E-state index in [9.17, 15) is 4.79 Å². The first kappa shape index (κ1) is 13.3. The van der Waals surface area contributed by atoms with Crippen LogP contribution in [0.15, 0.2) is 23.0 Å². The van der Waals surface area contributed by atoms with E-state index in [-0.39, 0.29) is 11.6 Å². The second-order valence-corrected chi connectivity index (χ2v) is 5.39. The monoisotopic (exact) mass is 272 g/mol. The van der Waals surface area contributed by atoms with Gasteiger partial charge >= 0.3 is 0 Å². The Bertz CT molecular complexity index is 686. The molecule has 0 bridgehead atoms. The molecule has 1 fully saturated rings. The van der Waals surface area contributed by atoms with Crippen molar-refractivity contribution in [3.63, 3.8) is 0 Å². The molecular formula is C15H20N4O. The summed E-state index contributed by atoms with van der Waals surface area (Å²) in [6.45, 7) is 4.25. The van der Waals surface area contributed by atoms with Crippen molar-refractivity contribution in [2.75, 3.05) is 13.1 Å². The number of hydrogen-bond donors (Lipinski definition) is 2. The van der Waals surface area contributed by atoms with Gasteiger partial charge in [0.1, 0.15) is 5.82 Å². The van der Waals surface area contributed by atoms with Gasteiger partial charge in [0, 0.05) is 13.1 Å². The normalized spacial score (nSPS) is 19.4. The van der Waals surface area contributed by atoms with Crippen molar-refractivity contribution < 1.29 is 0 Å². The molecule has 5 nitrogen and oxygen atoms in total. The molecule has 1 saturated heterocycles. The fraction of sp³-hybridized carbons (Fsp3) is 0.467. The highest BCUT2D eigenvalue weighted by atomic mass is 16.1. The Labute approximate surface area is 117 Å². The van der Waals surface area contributed by atoms with Gasteiger partial charge in [0.2, 0.25) is 0 Å². The molecule has 2 aromatic rings. The van der Waals surface area contributed by atoms with E-state index in [1.165, 1.54) is 0 Å². The van der Waals surface area contributed by atoms with Gasteiger partial charge in [-0.2, -0.15) is 0 Å². The first-order valence-electron chi connectivity index (χ1n) is 7.13. The Hall–Kier alpha value is -1.72. The Morgan fingerprint density at radius 3 is 3.05 bits per heavy atom. The zero-order valence-corrected chi connectivity index (χ0v) is 11.7. The van der Waals surface area contributed by atoms with E-state index in [0.717, 1.165) is 42.8 Å². The largest absolute Gasteiger partial charge is 0.326 e. The van der Waals surface area contributed by atoms with Crippen molar-refractivity contribution in [3.8, 4) is 0 Å². The van der Waals surface area contributed by atoms with Crippen LogP contribution in [0.25, 0.3) is 10.9 Å². The van der Waals surface area contributed by atoms with E-state index < -0.39 is 0 Å². The van der Waals surface area contributed by atoms with E-state index in [1.54, 1.807) is 0 Å². The van der Waals surface area contributed by atoms with Gasteiger partial charge < -0.3 is 11.1 Å². The van der Waals surface area contributed by atoms with Gasteiger partial charge in [0.05, 0.1) is 16.9 Å². The maximum Gasteiger partial charge on any atom is 0.261 e. The smallest absolute Gasteiger partial charge is 0.261 e. The molecule has 1 aliphatic heterocycles. The summed E-state index contributed by atoms with van der Waals surface area (Å²) in [5, 5.41) is 4.03. The Balaban J connectivity index is 2.16. The van der Waals surface area contributed by atoms with Crippen molar-refractivity contribution >= 4 is 10.9 Å². The first-order valence-corrected chi connectivity index (χ1v) is 7.13. The minimum atomic E-state index is 0.0600. The highest BCUT2D eigenvalue weighted by Gasteiger charge is 2.19. The fourth-order valence-electron chi connectivity index (χ4n) is 2.97. The van der Waals surface area contributed by atoms with Crippen molar-refractivity contribution in [1.29, 1.82) is 0 Å². The quantitative estimate of drug-likeness (QED) is 0.858. The zero-order valence-electron chi connectivity index (χ0n) is 11.7. The Morgan fingerprint density at radius 2 is 2.35 bits per heavy atom. The van der Waals surface area contributed by atoms with E-state index >= 15 is 0 Å². The summed E-state index contributed by atoms with van der Waals surface area (Å²) in [7, 11) is 0. The summed E-state index contributed by atoms with van der Waals surface area (Å²) < 4.78 is 1.84. The Kier molecular flexibility index (Phi) is 3.54. The predicted molar refractivity (Wildman–Crippen MR) is 79.8 cm³/mol. The SMILES string of the molecule is Cc1nc2cc(CN)ccc2c(=O)n1C1CCCNC1. The van der Waals surface area contributed by atoms with Crippen LogP contribution in [0.5, 0.6) is 0 Å². The van der Waals surface area contributed by atoms with Crippen LogP contribution in [0.4, 0.5) is 0 Å². The molecule has 3 rings (SSSR count). The topological polar surface area (TPSA) is 72.9 Å². The van der Waals surface area contributed by atoms with Crippen LogP contribution < -0.4 is 16.6 Å². The summed E-state index contributed by atoms with van der Waals surface area (Å²) >= 11 is 0. The molecule has 0 aliphatic carbocycles. The number of nitrogens with two attached hydrogens (primary N) is 1. The Morgan fingerprint density at radius 1 is 1.50 bits per heavy atom. The molecule has 1 aromatic heterocycles. The number of piperidine rings is 1. The maximum atomic E-state index is 12.7. The summed E-state index contributed by atoms with van der Waals surface area (Å²) in [5.74, 6) is 0.783. The number of benzene rings is 1. The number of rotatable bonds is 2. The second kappa shape index (κ2) is 5.34. The average Bonchev–Trinajstić information content (AvgIpc) is 2.47. The molecule has 20 heavy (non-hydrogen) atoms. The van der Waals surface area contributed by atoms with Gasteiger partial charge in [0.15, 0.2) is 0 Å². The van der Waals surface area contributed by atoms with E-state index in [2.05, 4.69) is 10.3 Å². The van der Waals surface area contributed by atoms with Crippen molar-refractivity contribution in [1.82, 2.24) is 14.9 Å². The molecule has 0 saturated carbocycles. The van der Waals surface area contributed by atoms with E-state index in [1.807, 2.05) is 29.7 Å². The molecule has 1 atom stereocenters. The zero-order chi connectivity index (χ0) is 14.1. The molecule has 0 radical (unpaired) electrons. The van der Waals surface area contributed by atoms with Crippen LogP contribution in [0.1, 0.15) is 30.3 Å². The lowest BCUT2D eigenvalue weighted by molar-refractivity contribution is 0.357. The number of fused-ring (bicyclic) bond motifs is 1. The number of nitrogens with zero attached hydrogens (tertiary/aromatic N) is 2. The van der Waals surface area contributed by atoms with Crippen LogP contribution in [0.3, 0.4) is 0 Å². The lowest BCUT2D eigenvalue weighted by atomic mass is 10.1. The standard InChI is InChI=1S/C15H20N4O/c1-10-18-14-7-11(8-16)4-5-13(14)15(20)19(10)12-3-2-6-17-9-12/h4-5,7,12,17H,2-3,6,8-9,16H2,1H3. The number of nitrogens with one attached hydrogen (secondary N) is 1. The summed E-state index contributed by atoms with van der Waals surface area (Å²) in [4.78, 5) is 17.3. The summed E-state index contributed by atoms with van der Waals surface area (Å²) in [5.41, 5.74) is 7.45. The van der Waals surface area contributed by atoms with Crippen LogP contribution in [-0.4, -0.2) is 22.6 Å². The summed E-state index contributed by atoms with van der Waals surface area (Å²) in [6, 6.07) is 5.87. The third-order valence-electron chi connectivity index (χ3n) is 4.01. The highest BCUT2D eigenvalue weighted by molar-refractivity contribution is 5.78. The van der Waals surface area contributed by atoms with E-state index in [0.29, 0.717) is 11.9 Å². The van der Waals surface area contributed by atoms with Gasteiger partial charge in [-0.1, -0.05) is 6.07 Å². The average molecular weight is 272 g/mol. The number of hydrogen-bond acceptors (Lipinski definition) is 4. The van der Waals surface area contributed by atoms with Crippen molar-refractivity contribution in [3.05, 3.63) is 39.9 Å². The minimum Gasteiger partial charge on any atom is -0.326 e. The molecular weight excluding hydrogens is 252 g/mol. The van der Waals surface area contributed by atoms with Crippen LogP contribution in [0.2, 0.25) is 0 Å². The van der Waals surface area contributed by atoms with Gasteiger partial charge in [-0.15, -0.1) is 0 Å². The molecule has 0 spiro atoms. The lowest BCUT2D eigenvalue weighted by Crippen LogP contribution is -2.38. The number of aryl methyl sites for hydroxylation is 1. The molecule has 106 valence electrons. The van der Waals surface area contributed by atoms with Crippen LogP contribution in [-0.2, 0) is 6.54 Å². The van der Waals surface area contributed by atoms with Crippen LogP contribution in [0, 0.1) is 6.92 Å². The highest BCUT2D eigenvalue weighted by Crippen LogP contribution is 2.18. The molecule has 0 amide bonds. The lowest BCUT2D eigenvalue weighted by Gasteiger charge is -2.26. The predicted octanol–water partition coefficient (Wildman–Crippen LogP) is 1.09. The van der Waals surface area contributed by atoms with E-state index in [4.69, 9.17) is 5.73 Å². The second-order valence-electron chi connectivity index (χ2n) is 5.39. The third kappa shape index (κ3) is 2.23. The van der Waals surface area contributed by atoms with Crippen molar-refractivity contribution in [2.24, 2.45) is 5.73 Å². The molecule has 1 aromatic carbocycles. The molecule has 2 heterocycles. The first-order chi connectivity index (χ1) is 9.70. The summed E-state index contributed by atoms with van der Waals surface area (Å²) in [6.07, 6.45) is 2.13. The molecule has 1 unspecified atom stereocenters. The molecule has 5 heteroatoms. The van der Waals surface area contributed by atoms with Crippen molar-refractivity contribution in [2.45, 2.75) is 32.4 Å². The fourth-order valence-corrected chi connectivity index (χ4v) is 2.97. The van der Waals surface area contributed by atoms with Gasteiger partial charge in [0.25, 0.3) is 5.56 Å². The van der Waals surface area contributed by atoms with Gasteiger partial charge in [-0.05, 0) is 44.0 Å². The maximum absolute atomic E-state index is 12.7. The minimum absolute atomic E-state index is 0.0600. The molecule has 3 N–H and O–H groups in total.